The Balaban J connectivity index is 1.86. The number of carbonyl (C=O) groups is 2. The molecule has 0 aliphatic carbocycles. The molecule has 1 aromatic heterocycles. The lowest BCUT2D eigenvalue weighted by molar-refractivity contribution is 0.0696. The molecule has 0 unspecified atom stereocenters. The summed E-state index contributed by atoms with van der Waals surface area (Å²) in [5, 5.41) is 16.9. The quantitative estimate of drug-likeness (QED) is 0.547. The molecule has 7 heteroatoms. The van der Waals surface area contributed by atoms with Gasteiger partial charge in [0.2, 0.25) is 0 Å². The van der Waals surface area contributed by atoms with Gasteiger partial charge in [-0.1, -0.05) is 17.7 Å². The lowest BCUT2D eigenvalue weighted by Crippen LogP contribution is -2.23. The van der Waals surface area contributed by atoms with Crippen molar-refractivity contribution < 1.29 is 14.7 Å². The predicted molar refractivity (Wildman–Crippen MR) is 127 cm³/mol. The van der Waals surface area contributed by atoms with Crippen LogP contribution in [0.2, 0.25) is 0 Å². The number of rotatable bonds is 8. The summed E-state index contributed by atoms with van der Waals surface area (Å²) in [5.74, 6) is -1.31. The van der Waals surface area contributed by atoms with Gasteiger partial charge in [0.05, 0.1) is 22.6 Å². The number of amides is 1. The van der Waals surface area contributed by atoms with E-state index in [1.807, 2.05) is 42.6 Å². The largest absolute Gasteiger partial charge is 0.478 e. The fraction of sp³-hybridized carbons (Fsp3) is 0.320. The first kappa shape index (κ1) is 23.1. The normalized spacial score (nSPS) is 10.8. The maximum absolute atomic E-state index is 12.8. The highest BCUT2D eigenvalue weighted by atomic mass is 16.4. The van der Waals surface area contributed by atoms with Gasteiger partial charge in [0.1, 0.15) is 0 Å². The zero-order chi connectivity index (χ0) is 23.4. The van der Waals surface area contributed by atoms with Crippen molar-refractivity contribution in [3.05, 3.63) is 76.1 Å². The van der Waals surface area contributed by atoms with Gasteiger partial charge in [-0.05, 0) is 70.0 Å². The second-order valence-electron chi connectivity index (χ2n) is 8.00. The number of likely N-dealkylation sites (N-methyl/N-ethyl adjacent to an activating group) is 1. The SMILES string of the molecule is CCn1nc(C)c(CCN(C)c2ccc(C(=O)O)cc2NC(=O)c2cccc(C)c2)c1C. The van der Waals surface area contributed by atoms with Crippen molar-refractivity contribution in [1.29, 1.82) is 0 Å². The van der Waals surface area contributed by atoms with E-state index in [2.05, 4.69) is 24.3 Å². The van der Waals surface area contributed by atoms with Gasteiger partial charge >= 0.3 is 5.97 Å². The van der Waals surface area contributed by atoms with E-state index in [0.717, 1.165) is 35.6 Å². The van der Waals surface area contributed by atoms with Gasteiger partial charge in [-0.2, -0.15) is 5.10 Å². The molecule has 0 aliphatic rings. The number of nitrogens with zero attached hydrogens (tertiary/aromatic N) is 3. The van der Waals surface area contributed by atoms with Crippen molar-refractivity contribution in [1.82, 2.24) is 9.78 Å². The van der Waals surface area contributed by atoms with Crippen LogP contribution in [0.25, 0.3) is 0 Å². The third-order valence-corrected chi connectivity index (χ3v) is 5.71. The third kappa shape index (κ3) is 4.99. The molecule has 0 atom stereocenters. The number of hydrogen-bond acceptors (Lipinski definition) is 4. The number of aromatic nitrogens is 2. The molecule has 0 radical (unpaired) electrons. The summed E-state index contributed by atoms with van der Waals surface area (Å²) in [6, 6.07) is 12.1. The molecule has 168 valence electrons. The number of carboxylic acids is 1. The molecule has 1 amide bonds. The van der Waals surface area contributed by atoms with Gasteiger partial charge in [-0.3, -0.25) is 9.48 Å². The summed E-state index contributed by atoms with van der Waals surface area (Å²) < 4.78 is 2.00. The summed E-state index contributed by atoms with van der Waals surface area (Å²) in [5.41, 5.74) is 6.25. The molecular formula is C25H30N4O3. The minimum atomic E-state index is -1.04. The van der Waals surface area contributed by atoms with Crippen molar-refractivity contribution >= 4 is 23.3 Å². The second kappa shape index (κ2) is 9.68. The average molecular weight is 435 g/mol. The van der Waals surface area contributed by atoms with Gasteiger partial charge in [0.25, 0.3) is 5.91 Å². The van der Waals surface area contributed by atoms with Crippen molar-refractivity contribution in [3.63, 3.8) is 0 Å². The highest BCUT2D eigenvalue weighted by molar-refractivity contribution is 6.06. The van der Waals surface area contributed by atoms with Gasteiger partial charge in [-0.25, -0.2) is 4.79 Å². The van der Waals surface area contributed by atoms with E-state index in [1.54, 1.807) is 24.3 Å². The van der Waals surface area contributed by atoms with Gasteiger partial charge in [-0.15, -0.1) is 0 Å². The van der Waals surface area contributed by atoms with Crippen LogP contribution >= 0.6 is 0 Å². The first-order valence-electron chi connectivity index (χ1n) is 10.7. The molecule has 3 rings (SSSR count). The molecular weight excluding hydrogens is 404 g/mol. The van der Waals surface area contributed by atoms with Crippen LogP contribution in [0.1, 0.15) is 50.2 Å². The van der Waals surface area contributed by atoms with Crippen LogP contribution < -0.4 is 10.2 Å². The minimum Gasteiger partial charge on any atom is -0.478 e. The number of hydrogen-bond donors (Lipinski definition) is 2. The molecule has 32 heavy (non-hydrogen) atoms. The average Bonchev–Trinajstić information content (AvgIpc) is 3.04. The van der Waals surface area contributed by atoms with Crippen LogP contribution in [0.3, 0.4) is 0 Å². The van der Waals surface area contributed by atoms with Gasteiger partial charge in [0, 0.05) is 31.4 Å². The van der Waals surface area contributed by atoms with E-state index in [4.69, 9.17) is 0 Å². The summed E-state index contributed by atoms with van der Waals surface area (Å²) in [6.07, 6.45) is 0.792. The number of aryl methyl sites for hydroxylation is 3. The number of anilines is 2. The molecule has 1 heterocycles. The van der Waals surface area contributed by atoms with Crippen LogP contribution in [-0.4, -0.2) is 40.4 Å². The zero-order valence-electron chi connectivity index (χ0n) is 19.3. The maximum atomic E-state index is 12.8. The third-order valence-electron chi connectivity index (χ3n) is 5.71. The van der Waals surface area contributed by atoms with E-state index in [0.29, 0.717) is 17.8 Å². The smallest absolute Gasteiger partial charge is 0.335 e. The van der Waals surface area contributed by atoms with E-state index in [-0.39, 0.29) is 11.5 Å². The number of carbonyl (C=O) groups excluding carboxylic acids is 1. The summed E-state index contributed by atoms with van der Waals surface area (Å²) in [7, 11) is 1.94. The van der Waals surface area contributed by atoms with E-state index in [1.165, 1.54) is 11.6 Å². The predicted octanol–water partition coefficient (Wildman–Crippen LogP) is 4.46. The Bertz CT molecular complexity index is 1150. The summed E-state index contributed by atoms with van der Waals surface area (Å²) in [4.78, 5) is 26.4. The monoisotopic (exact) mass is 434 g/mol. The standard InChI is InChI=1S/C25H30N4O3/c1-6-29-18(4)21(17(3)27-29)12-13-28(5)23-11-10-20(25(31)32)15-22(23)26-24(30)19-9-7-8-16(2)14-19/h7-11,14-15H,6,12-13H2,1-5H3,(H,26,30)(H,31,32). The van der Waals surface area contributed by atoms with Crippen molar-refractivity contribution in [2.24, 2.45) is 0 Å². The Labute approximate surface area is 188 Å². The molecule has 0 saturated carbocycles. The Morgan fingerprint density at radius 2 is 1.84 bits per heavy atom. The topological polar surface area (TPSA) is 87.5 Å². The summed E-state index contributed by atoms with van der Waals surface area (Å²) >= 11 is 0. The highest BCUT2D eigenvalue weighted by Gasteiger charge is 2.17. The number of aromatic carboxylic acids is 1. The number of nitrogens with one attached hydrogen (secondary N) is 1. The Morgan fingerprint density at radius 1 is 1.09 bits per heavy atom. The van der Waals surface area contributed by atoms with E-state index < -0.39 is 5.97 Å². The molecule has 2 aromatic carbocycles. The van der Waals surface area contributed by atoms with Crippen LogP contribution in [0.4, 0.5) is 11.4 Å². The van der Waals surface area contributed by atoms with Crippen LogP contribution in [0.15, 0.2) is 42.5 Å². The van der Waals surface area contributed by atoms with Crippen molar-refractivity contribution in [3.8, 4) is 0 Å². The molecule has 0 aliphatic heterocycles. The van der Waals surface area contributed by atoms with Crippen molar-refractivity contribution in [2.75, 3.05) is 23.8 Å². The van der Waals surface area contributed by atoms with E-state index >= 15 is 0 Å². The van der Waals surface area contributed by atoms with Crippen LogP contribution in [0.5, 0.6) is 0 Å². The maximum Gasteiger partial charge on any atom is 0.335 e. The van der Waals surface area contributed by atoms with Crippen molar-refractivity contribution in [2.45, 2.75) is 40.7 Å². The first-order valence-corrected chi connectivity index (χ1v) is 10.7. The minimum absolute atomic E-state index is 0.123. The molecule has 7 nitrogen and oxygen atoms in total. The lowest BCUT2D eigenvalue weighted by atomic mass is 10.1. The fourth-order valence-corrected chi connectivity index (χ4v) is 3.89. The molecule has 2 N–H and O–H groups in total. The Morgan fingerprint density at radius 3 is 2.47 bits per heavy atom. The zero-order valence-corrected chi connectivity index (χ0v) is 19.3. The lowest BCUT2D eigenvalue weighted by Gasteiger charge is -2.23. The van der Waals surface area contributed by atoms with Crippen LogP contribution in [0, 0.1) is 20.8 Å². The van der Waals surface area contributed by atoms with Gasteiger partial charge < -0.3 is 15.3 Å². The molecule has 0 spiro atoms. The number of benzene rings is 2. The molecule has 0 fully saturated rings. The second-order valence-corrected chi connectivity index (χ2v) is 8.00. The summed E-state index contributed by atoms with van der Waals surface area (Å²) in [6.45, 7) is 9.61. The Kier molecular flexibility index (Phi) is 6.98. The molecule has 3 aromatic rings. The fourth-order valence-electron chi connectivity index (χ4n) is 3.89. The molecule has 0 saturated heterocycles. The molecule has 0 bridgehead atoms. The first-order chi connectivity index (χ1) is 15.2. The highest BCUT2D eigenvalue weighted by Crippen LogP contribution is 2.28. The number of carboxylic acid groups (broad SMARTS) is 1. The Hall–Kier alpha value is -3.61. The van der Waals surface area contributed by atoms with Gasteiger partial charge in [0.15, 0.2) is 0 Å². The van der Waals surface area contributed by atoms with E-state index in [9.17, 15) is 14.7 Å². The van der Waals surface area contributed by atoms with Crippen LogP contribution in [-0.2, 0) is 13.0 Å².